The lowest BCUT2D eigenvalue weighted by molar-refractivity contribution is -0.384. The second-order valence-electron chi connectivity index (χ2n) is 9.60. The van der Waals surface area contributed by atoms with E-state index in [2.05, 4.69) is 15.6 Å². The fraction of sp³-hybridized carbons (Fsp3) is 0.207. The number of nitrogens with one attached hydrogen (secondary N) is 3. The van der Waals surface area contributed by atoms with E-state index in [-0.39, 0.29) is 22.9 Å². The first-order valence-electron chi connectivity index (χ1n) is 12.9. The smallest absolute Gasteiger partial charge is 0.410 e. The highest BCUT2D eigenvalue weighted by Gasteiger charge is 2.27. The highest BCUT2D eigenvalue weighted by Crippen LogP contribution is 2.23. The average Bonchev–Trinajstić information content (AvgIpc) is 2.97. The monoisotopic (exact) mass is 575 g/mol. The Kier molecular flexibility index (Phi) is 8.16. The van der Waals surface area contributed by atoms with Gasteiger partial charge in [-0.25, -0.2) is 9.59 Å². The summed E-state index contributed by atoms with van der Waals surface area (Å²) in [7, 11) is 0. The standard InChI is InChI=1S/C29H26ClN5O6/c30-19-6-11-23-25(16-19)31-17-24(27(23)36)26(18-4-2-1-3-5-18)33-28(37)32-20-12-14-34(15-13-20)29(38)41-22-9-7-21(8-10-22)35(39)40/h1-11,16-17,20,26H,12-15H2,(H,31,36)(H2,32,33,37). The zero-order chi connectivity index (χ0) is 28.9. The number of halogens is 1. The lowest BCUT2D eigenvalue weighted by Gasteiger charge is -2.32. The Morgan fingerprint density at radius 1 is 1.05 bits per heavy atom. The molecule has 1 fully saturated rings. The van der Waals surface area contributed by atoms with Gasteiger partial charge in [0.15, 0.2) is 5.43 Å². The Morgan fingerprint density at radius 2 is 1.76 bits per heavy atom. The second-order valence-corrected chi connectivity index (χ2v) is 10.0. The molecule has 2 heterocycles. The number of urea groups is 1. The van der Waals surface area contributed by atoms with E-state index >= 15 is 0 Å². The van der Waals surface area contributed by atoms with Crippen molar-refractivity contribution in [1.29, 1.82) is 0 Å². The van der Waals surface area contributed by atoms with Crippen LogP contribution in [0, 0.1) is 10.1 Å². The molecule has 1 aliphatic rings. The minimum absolute atomic E-state index is 0.0976. The highest BCUT2D eigenvalue weighted by molar-refractivity contribution is 6.31. The molecule has 1 aromatic heterocycles. The number of likely N-dealkylation sites (tertiary alicyclic amines) is 1. The number of benzene rings is 3. The van der Waals surface area contributed by atoms with Crippen molar-refractivity contribution in [2.75, 3.05) is 13.1 Å². The molecule has 41 heavy (non-hydrogen) atoms. The fourth-order valence-corrected chi connectivity index (χ4v) is 4.95. The first-order valence-corrected chi connectivity index (χ1v) is 13.3. The number of nitrogens with zero attached hydrogens (tertiary/aromatic N) is 2. The van der Waals surface area contributed by atoms with E-state index in [1.165, 1.54) is 29.2 Å². The van der Waals surface area contributed by atoms with Crippen LogP contribution in [0.15, 0.2) is 83.8 Å². The zero-order valence-electron chi connectivity index (χ0n) is 21.7. The number of aromatic nitrogens is 1. The lowest BCUT2D eigenvalue weighted by Crippen LogP contribution is -2.50. The molecule has 3 N–H and O–H groups in total. The minimum atomic E-state index is -0.711. The van der Waals surface area contributed by atoms with Crippen molar-refractivity contribution < 1.29 is 19.2 Å². The fourth-order valence-electron chi connectivity index (χ4n) is 4.78. The Labute approximate surface area is 239 Å². The highest BCUT2D eigenvalue weighted by atomic mass is 35.5. The molecule has 0 radical (unpaired) electrons. The summed E-state index contributed by atoms with van der Waals surface area (Å²) in [6.07, 6.45) is 2.02. The van der Waals surface area contributed by atoms with Gasteiger partial charge in [0.1, 0.15) is 5.75 Å². The topological polar surface area (TPSA) is 147 Å². The van der Waals surface area contributed by atoms with E-state index in [0.717, 1.165) is 5.56 Å². The van der Waals surface area contributed by atoms with Gasteiger partial charge in [-0.15, -0.1) is 0 Å². The number of pyridine rings is 1. The van der Waals surface area contributed by atoms with Gasteiger partial charge in [0.25, 0.3) is 5.69 Å². The second kappa shape index (κ2) is 12.1. The Hall–Kier alpha value is -4.90. The first-order chi connectivity index (χ1) is 19.8. The number of nitro benzene ring substituents is 1. The molecular weight excluding hydrogens is 550 g/mol. The maximum absolute atomic E-state index is 13.4. The van der Waals surface area contributed by atoms with E-state index in [1.807, 2.05) is 30.3 Å². The summed E-state index contributed by atoms with van der Waals surface area (Å²) in [5, 5.41) is 17.7. The number of piperidine rings is 1. The molecule has 12 heteroatoms. The number of carbonyl (C=O) groups excluding carboxylic acids is 2. The number of rotatable bonds is 6. The summed E-state index contributed by atoms with van der Waals surface area (Å²) >= 11 is 6.07. The number of amides is 3. The molecule has 1 saturated heterocycles. The maximum atomic E-state index is 13.4. The van der Waals surface area contributed by atoms with Gasteiger partial charge in [0.2, 0.25) is 0 Å². The molecule has 11 nitrogen and oxygen atoms in total. The summed E-state index contributed by atoms with van der Waals surface area (Å²) < 4.78 is 5.33. The van der Waals surface area contributed by atoms with Gasteiger partial charge in [-0.2, -0.15) is 0 Å². The SMILES string of the molecule is O=C(NC1CCN(C(=O)Oc2ccc([N+](=O)[O-])cc2)CC1)NC(c1ccccc1)c1c[nH]c2cc(Cl)ccc2c1=O. The van der Waals surface area contributed by atoms with Crippen LogP contribution in [-0.4, -0.2) is 46.1 Å². The van der Waals surface area contributed by atoms with Crippen molar-refractivity contribution >= 4 is 40.3 Å². The summed E-state index contributed by atoms with van der Waals surface area (Å²) in [4.78, 5) is 54.0. The quantitative estimate of drug-likeness (QED) is 0.214. The molecule has 3 amide bonds. The predicted molar refractivity (Wildman–Crippen MR) is 153 cm³/mol. The largest absolute Gasteiger partial charge is 0.415 e. The van der Waals surface area contributed by atoms with Crippen molar-refractivity contribution in [2.45, 2.75) is 24.9 Å². The van der Waals surface area contributed by atoms with Crippen LogP contribution < -0.4 is 20.8 Å². The maximum Gasteiger partial charge on any atom is 0.415 e. The van der Waals surface area contributed by atoms with Gasteiger partial charge in [0, 0.05) is 53.4 Å². The van der Waals surface area contributed by atoms with Crippen LogP contribution in [0.5, 0.6) is 5.75 Å². The van der Waals surface area contributed by atoms with Crippen molar-refractivity contribution in [3.05, 3.63) is 115 Å². The van der Waals surface area contributed by atoms with E-state index in [1.54, 1.807) is 24.4 Å². The number of non-ortho nitro benzene ring substituents is 1. The van der Waals surface area contributed by atoms with Gasteiger partial charge in [-0.05, 0) is 48.7 Å². The van der Waals surface area contributed by atoms with Crippen LogP contribution >= 0.6 is 11.6 Å². The van der Waals surface area contributed by atoms with Crippen LogP contribution in [-0.2, 0) is 0 Å². The van der Waals surface area contributed by atoms with Gasteiger partial charge >= 0.3 is 12.1 Å². The molecule has 3 aromatic carbocycles. The Bertz CT molecular complexity index is 1640. The van der Waals surface area contributed by atoms with E-state index < -0.39 is 23.1 Å². The number of aromatic amines is 1. The third-order valence-corrected chi connectivity index (χ3v) is 7.17. The van der Waals surface area contributed by atoms with Crippen LogP contribution in [0.4, 0.5) is 15.3 Å². The number of carbonyl (C=O) groups is 2. The zero-order valence-corrected chi connectivity index (χ0v) is 22.5. The minimum Gasteiger partial charge on any atom is -0.410 e. The van der Waals surface area contributed by atoms with Crippen molar-refractivity contribution in [3.63, 3.8) is 0 Å². The van der Waals surface area contributed by atoms with E-state index in [9.17, 15) is 24.5 Å². The average molecular weight is 576 g/mol. The molecule has 4 aromatic rings. The molecule has 5 rings (SSSR count). The summed E-state index contributed by atoms with van der Waals surface area (Å²) in [5.41, 5.74) is 1.40. The predicted octanol–water partition coefficient (Wildman–Crippen LogP) is 5.14. The van der Waals surface area contributed by atoms with Crippen LogP contribution in [0.25, 0.3) is 10.9 Å². The summed E-state index contributed by atoms with van der Waals surface area (Å²) in [6.45, 7) is 0.706. The molecule has 0 aliphatic carbocycles. The molecule has 1 unspecified atom stereocenters. The van der Waals surface area contributed by atoms with Crippen molar-refractivity contribution in [2.24, 2.45) is 0 Å². The number of hydrogen-bond donors (Lipinski definition) is 3. The van der Waals surface area contributed by atoms with E-state index in [0.29, 0.717) is 47.4 Å². The third-order valence-electron chi connectivity index (χ3n) is 6.93. The number of fused-ring (bicyclic) bond motifs is 1. The number of ether oxygens (including phenoxy) is 1. The van der Waals surface area contributed by atoms with Crippen molar-refractivity contribution in [3.8, 4) is 5.75 Å². The normalized spacial score (nSPS) is 14.3. The Balaban J connectivity index is 1.22. The van der Waals surface area contributed by atoms with Gasteiger partial charge < -0.3 is 25.3 Å². The number of nitro groups is 1. The molecule has 210 valence electrons. The molecular formula is C29H26ClN5O6. The van der Waals surface area contributed by atoms with Crippen molar-refractivity contribution in [1.82, 2.24) is 20.5 Å². The third kappa shape index (κ3) is 6.47. The lowest BCUT2D eigenvalue weighted by atomic mass is 9.98. The van der Waals surface area contributed by atoms with Gasteiger partial charge in [-0.3, -0.25) is 14.9 Å². The van der Waals surface area contributed by atoms with Gasteiger partial charge in [0.05, 0.1) is 16.5 Å². The summed E-state index contributed by atoms with van der Waals surface area (Å²) in [5.74, 6) is 0.207. The molecule has 1 aliphatic heterocycles. The van der Waals surface area contributed by atoms with Crippen LogP contribution in [0.3, 0.4) is 0 Å². The number of hydrogen-bond acceptors (Lipinski definition) is 6. The number of H-pyrrole nitrogens is 1. The molecule has 0 saturated carbocycles. The summed E-state index contributed by atoms with van der Waals surface area (Å²) in [6, 6.07) is 18.1. The van der Waals surface area contributed by atoms with Crippen LogP contribution in [0.2, 0.25) is 5.02 Å². The molecule has 0 spiro atoms. The van der Waals surface area contributed by atoms with Crippen LogP contribution in [0.1, 0.15) is 30.0 Å². The van der Waals surface area contributed by atoms with E-state index in [4.69, 9.17) is 16.3 Å². The first kappa shape index (κ1) is 27.7. The van der Waals surface area contributed by atoms with Gasteiger partial charge in [-0.1, -0.05) is 41.9 Å². The molecule has 0 bridgehead atoms. The molecule has 1 atom stereocenters. The Morgan fingerprint density at radius 3 is 2.44 bits per heavy atom.